The van der Waals surface area contributed by atoms with Gasteiger partial charge in [0.1, 0.15) is 6.54 Å². The van der Waals surface area contributed by atoms with Crippen molar-refractivity contribution in [3.63, 3.8) is 0 Å². The topological polar surface area (TPSA) is 92.3 Å². The summed E-state index contributed by atoms with van der Waals surface area (Å²) in [7, 11) is -3.77. The fourth-order valence-electron chi connectivity index (χ4n) is 1.80. The predicted molar refractivity (Wildman–Crippen MR) is 108 cm³/mol. The normalized spacial score (nSPS) is 11.2. The number of aromatic nitrogens is 2. The monoisotopic (exact) mass is 452 g/mol. The van der Waals surface area contributed by atoms with Gasteiger partial charge in [0, 0.05) is 10.8 Å². The predicted octanol–water partition coefficient (Wildman–Crippen LogP) is 3.53. The number of benzene rings is 1. The number of halogens is 2. The molecule has 1 aromatic carbocycles. The second-order valence-electron chi connectivity index (χ2n) is 4.89. The molecule has 2 rings (SSSR count). The Morgan fingerprint density at radius 1 is 1.42 bits per heavy atom. The summed E-state index contributed by atoms with van der Waals surface area (Å²) in [5.74, 6) is 0.0837. The van der Waals surface area contributed by atoms with Gasteiger partial charge in [-0.2, -0.15) is 0 Å². The Balaban J connectivity index is 2.16. The van der Waals surface area contributed by atoms with Crippen molar-refractivity contribution in [3.8, 4) is 0 Å². The van der Waals surface area contributed by atoms with Crippen LogP contribution >= 0.6 is 46.3 Å². The highest BCUT2D eigenvalue weighted by Gasteiger charge is 2.24. The highest BCUT2D eigenvalue weighted by molar-refractivity contribution is 8.01. The number of carbonyl (C=O) groups excluding carboxylic acids is 1. The van der Waals surface area contributed by atoms with E-state index in [2.05, 4.69) is 22.1 Å². The van der Waals surface area contributed by atoms with Crippen LogP contribution in [0.15, 0.2) is 35.2 Å². The first-order valence-corrected chi connectivity index (χ1v) is 11.4. The molecule has 7 nitrogen and oxygen atoms in total. The molecule has 2 aromatic rings. The first kappa shape index (κ1) is 21.0. The maximum absolute atomic E-state index is 12.3. The zero-order valence-electron chi connectivity index (χ0n) is 13.5. The summed E-state index contributed by atoms with van der Waals surface area (Å²) < 4.78 is 25.8. The molecule has 0 radical (unpaired) electrons. The van der Waals surface area contributed by atoms with E-state index in [0.29, 0.717) is 15.1 Å². The van der Waals surface area contributed by atoms with Crippen LogP contribution in [0.5, 0.6) is 0 Å². The Hall–Kier alpha value is -1.33. The number of nitrogens with zero attached hydrogens (tertiary/aromatic N) is 3. The Labute approximate surface area is 169 Å². The van der Waals surface area contributed by atoms with Crippen LogP contribution in [-0.4, -0.2) is 43.1 Å². The molecule has 0 bridgehead atoms. The maximum atomic E-state index is 12.3. The molecule has 0 saturated heterocycles. The van der Waals surface area contributed by atoms with Gasteiger partial charge in [0.15, 0.2) is 4.34 Å². The summed E-state index contributed by atoms with van der Waals surface area (Å²) in [4.78, 5) is 12.3. The fraction of sp³-hybridized carbons (Fsp3) is 0.214. The van der Waals surface area contributed by atoms with Gasteiger partial charge in [-0.1, -0.05) is 52.4 Å². The van der Waals surface area contributed by atoms with E-state index in [9.17, 15) is 13.2 Å². The van der Waals surface area contributed by atoms with Crippen LogP contribution < -0.4 is 9.62 Å². The molecular formula is C14H14Cl2N4O3S3. The first-order valence-electron chi connectivity index (χ1n) is 7.00. The number of nitrogens with one attached hydrogen (secondary N) is 1. The standard InChI is InChI=1S/C14H14Cl2N4O3S3/c1-3-6-24-14-19-18-13(25-14)17-12(21)8-20(26(2,22)23)11-7-9(15)4-5-10(11)16/h3-5,7H,1,6,8H2,2H3,(H,17,18,21). The lowest BCUT2D eigenvalue weighted by atomic mass is 10.3. The van der Waals surface area contributed by atoms with Gasteiger partial charge >= 0.3 is 0 Å². The van der Waals surface area contributed by atoms with E-state index in [-0.39, 0.29) is 15.8 Å². The molecule has 0 aliphatic rings. The zero-order chi connectivity index (χ0) is 19.3. The van der Waals surface area contributed by atoms with Crippen LogP contribution in [0.1, 0.15) is 0 Å². The Bertz CT molecular complexity index is 918. The molecule has 1 N–H and O–H groups in total. The molecule has 1 amide bonds. The van der Waals surface area contributed by atoms with Crippen LogP contribution in [0.25, 0.3) is 0 Å². The number of carbonyl (C=O) groups is 1. The van der Waals surface area contributed by atoms with Crippen LogP contribution in [0.3, 0.4) is 0 Å². The molecule has 0 aliphatic carbocycles. The van der Waals surface area contributed by atoms with Crippen molar-refractivity contribution in [2.45, 2.75) is 4.34 Å². The van der Waals surface area contributed by atoms with E-state index < -0.39 is 22.5 Å². The summed E-state index contributed by atoms with van der Waals surface area (Å²) in [6, 6.07) is 4.37. The van der Waals surface area contributed by atoms with Crippen LogP contribution in [0.4, 0.5) is 10.8 Å². The molecule has 0 saturated carbocycles. The number of anilines is 2. The average molecular weight is 453 g/mol. The number of thioether (sulfide) groups is 1. The van der Waals surface area contributed by atoms with Crippen molar-refractivity contribution in [1.29, 1.82) is 0 Å². The molecule has 12 heteroatoms. The summed E-state index contributed by atoms with van der Waals surface area (Å²) in [6.45, 7) is 3.13. The van der Waals surface area contributed by atoms with E-state index in [1.54, 1.807) is 6.08 Å². The Kier molecular flexibility index (Phi) is 7.30. The fourth-order valence-corrected chi connectivity index (χ4v) is 4.62. The summed E-state index contributed by atoms with van der Waals surface area (Å²) >= 11 is 14.6. The van der Waals surface area contributed by atoms with Gasteiger partial charge in [-0.15, -0.1) is 16.8 Å². The van der Waals surface area contributed by atoms with E-state index in [1.165, 1.54) is 41.3 Å². The van der Waals surface area contributed by atoms with Gasteiger partial charge < -0.3 is 0 Å². The molecule has 0 fully saturated rings. The molecule has 1 heterocycles. The third-order valence-electron chi connectivity index (χ3n) is 2.84. The van der Waals surface area contributed by atoms with E-state index in [1.807, 2.05) is 0 Å². The minimum absolute atomic E-state index is 0.122. The molecule has 140 valence electrons. The molecule has 26 heavy (non-hydrogen) atoms. The number of rotatable bonds is 8. The minimum atomic E-state index is -3.77. The van der Waals surface area contributed by atoms with Crippen molar-refractivity contribution < 1.29 is 13.2 Å². The van der Waals surface area contributed by atoms with Gasteiger partial charge in [0.2, 0.25) is 21.1 Å². The largest absolute Gasteiger partial charge is 0.299 e. The summed E-state index contributed by atoms with van der Waals surface area (Å²) in [5, 5.41) is 11.0. The van der Waals surface area contributed by atoms with Gasteiger partial charge in [-0.05, 0) is 18.2 Å². The number of hydrogen-bond donors (Lipinski definition) is 1. The maximum Gasteiger partial charge on any atom is 0.246 e. The van der Waals surface area contributed by atoms with Crippen molar-refractivity contribution >= 4 is 73.0 Å². The minimum Gasteiger partial charge on any atom is -0.299 e. The van der Waals surface area contributed by atoms with Crippen molar-refractivity contribution in [3.05, 3.63) is 40.9 Å². The highest BCUT2D eigenvalue weighted by Crippen LogP contribution is 2.31. The lowest BCUT2D eigenvalue weighted by Gasteiger charge is -2.22. The van der Waals surface area contributed by atoms with Crippen molar-refractivity contribution in [2.24, 2.45) is 0 Å². The number of amides is 1. The quantitative estimate of drug-likeness (QED) is 0.374. The van der Waals surface area contributed by atoms with Gasteiger partial charge in [0.05, 0.1) is 17.0 Å². The molecule has 0 aliphatic heterocycles. The van der Waals surface area contributed by atoms with Crippen molar-refractivity contribution in [2.75, 3.05) is 28.2 Å². The van der Waals surface area contributed by atoms with E-state index >= 15 is 0 Å². The van der Waals surface area contributed by atoms with Gasteiger partial charge in [0.25, 0.3) is 0 Å². The third kappa shape index (κ3) is 5.85. The Morgan fingerprint density at radius 3 is 2.81 bits per heavy atom. The second kappa shape index (κ2) is 9.05. The van der Waals surface area contributed by atoms with E-state index in [0.717, 1.165) is 10.6 Å². The third-order valence-corrected chi connectivity index (χ3v) is 6.49. The molecular weight excluding hydrogens is 439 g/mol. The summed E-state index contributed by atoms with van der Waals surface area (Å²) in [5.41, 5.74) is 0.122. The van der Waals surface area contributed by atoms with Crippen LogP contribution in [0.2, 0.25) is 10.0 Å². The smallest absolute Gasteiger partial charge is 0.246 e. The molecule has 0 atom stereocenters. The zero-order valence-corrected chi connectivity index (χ0v) is 17.4. The van der Waals surface area contributed by atoms with Gasteiger partial charge in [-0.25, -0.2) is 8.42 Å². The second-order valence-corrected chi connectivity index (χ2v) is 9.88. The van der Waals surface area contributed by atoms with E-state index in [4.69, 9.17) is 23.2 Å². The number of sulfonamides is 1. The van der Waals surface area contributed by atoms with Crippen molar-refractivity contribution in [1.82, 2.24) is 10.2 Å². The lowest BCUT2D eigenvalue weighted by molar-refractivity contribution is -0.114. The highest BCUT2D eigenvalue weighted by atomic mass is 35.5. The van der Waals surface area contributed by atoms with Crippen LogP contribution in [-0.2, 0) is 14.8 Å². The van der Waals surface area contributed by atoms with Gasteiger partial charge in [-0.3, -0.25) is 14.4 Å². The number of hydrogen-bond acceptors (Lipinski definition) is 7. The summed E-state index contributed by atoms with van der Waals surface area (Å²) in [6.07, 6.45) is 2.70. The SMILES string of the molecule is C=CCSc1nnc(NC(=O)CN(c2cc(Cl)ccc2Cl)S(C)(=O)=O)s1. The van der Waals surface area contributed by atoms with Crippen LogP contribution in [0, 0.1) is 0 Å². The Morgan fingerprint density at radius 2 is 2.15 bits per heavy atom. The molecule has 0 unspecified atom stereocenters. The average Bonchev–Trinajstić information content (AvgIpc) is 2.99. The lowest BCUT2D eigenvalue weighted by Crippen LogP contribution is -2.37. The molecule has 1 aromatic heterocycles. The molecule has 0 spiro atoms. The first-order chi connectivity index (χ1) is 12.2.